The average Bonchev–Trinajstić information content (AvgIpc) is 3.25. The van der Waals surface area contributed by atoms with Gasteiger partial charge in [-0.25, -0.2) is 9.78 Å². The Balaban J connectivity index is 0.00000150. The Bertz CT molecular complexity index is 2690. The third-order valence-corrected chi connectivity index (χ3v) is 9.35. The number of hydrogen-bond acceptors (Lipinski definition) is 18. The fraction of sp³-hybridized carbons (Fsp3) is 0.286. The summed E-state index contributed by atoms with van der Waals surface area (Å²) in [6, 6.07) is 26.5. The summed E-state index contributed by atoms with van der Waals surface area (Å²) in [6.45, 7) is 4.79. The van der Waals surface area contributed by atoms with Crippen molar-refractivity contribution >= 4 is 67.5 Å². The first-order chi connectivity index (χ1) is 31.0. The molecule has 65 heavy (non-hydrogen) atoms. The molecule has 5 rings (SSSR count). The molecule has 0 saturated heterocycles. The molecule has 0 atom stereocenters. The highest BCUT2D eigenvalue weighted by molar-refractivity contribution is 7.85. The van der Waals surface area contributed by atoms with Crippen molar-refractivity contribution in [3.8, 4) is 5.75 Å². The average molecular weight is 933 g/mol. The van der Waals surface area contributed by atoms with Gasteiger partial charge >= 0.3 is 28.7 Å². The maximum absolute atomic E-state index is 11.5. The fourth-order valence-corrected chi connectivity index (χ4v) is 6.24. The summed E-state index contributed by atoms with van der Waals surface area (Å²) in [6.07, 6.45) is 1.93. The summed E-state index contributed by atoms with van der Waals surface area (Å²) in [4.78, 5) is 55.5. The van der Waals surface area contributed by atoms with Gasteiger partial charge in [0, 0.05) is 44.0 Å². The number of aryl methyl sites for hydroxylation is 1. The van der Waals surface area contributed by atoms with E-state index in [1.165, 1.54) is 12.1 Å². The molecular weight excluding hydrogens is 889 g/mol. The number of carbonyl (C=O) groups is 2. The minimum Gasteiger partial charge on any atom is -0.493 e. The highest BCUT2D eigenvalue weighted by Crippen LogP contribution is 2.32. The number of aromatic nitrogens is 3. The van der Waals surface area contributed by atoms with E-state index in [0.29, 0.717) is 77.5 Å². The number of hydrogen-bond donors (Lipinski definition) is 3. The van der Waals surface area contributed by atoms with E-state index in [1.54, 1.807) is 18.2 Å². The number of benzene rings is 4. The first-order valence-corrected chi connectivity index (χ1v) is 22.1. The van der Waals surface area contributed by atoms with Crippen molar-refractivity contribution in [2.75, 3.05) is 30.3 Å². The quantitative estimate of drug-likeness (QED) is 0.0377. The van der Waals surface area contributed by atoms with Crippen LogP contribution in [0, 0.1) is 6.92 Å². The molecule has 342 valence electrons. The van der Waals surface area contributed by atoms with Gasteiger partial charge in [0.2, 0.25) is 5.95 Å². The molecule has 0 saturated carbocycles. The maximum atomic E-state index is 11.5. The minimum atomic E-state index is -4.21. The summed E-state index contributed by atoms with van der Waals surface area (Å²) in [5.41, 5.74) is 4.50. The summed E-state index contributed by atoms with van der Waals surface area (Å²) >= 11 is 0. The predicted octanol–water partition coefficient (Wildman–Crippen LogP) is 7.04. The van der Waals surface area contributed by atoms with Crippen molar-refractivity contribution in [2.24, 2.45) is 20.5 Å². The third kappa shape index (κ3) is 20.1. The van der Waals surface area contributed by atoms with E-state index < -0.39 is 38.4 Å². The Morgan fingerprint density at radius 3 is 1.97 bits per heavy atom. The monoisotopic (exact) mass is 932 g/mol. The molecular formula is C42H44N8O13S2. The van der Waals surface area contributed by atoms with Crippen LogP contribution < -0.4 is 9.64 Å². The number of ether oxygens (including phenoxy) is 1. The van der Waals surface area contributed by atoms with Gasteiger partial charge in [-0.1, -0.05) is 43.3 Å². The molecule has 0 radical (unpaired) electrons. The van der Waals surface area contributed by atoms with Gasteiger partial charge in [0.05, 0.1) is 40.7 Å². The standard InChI is InChI=1S/C41H44N8O8S.CO2.O3S/c1-3-19-49(20-8-14-39(50)51)41-43-37(24-29-15-17-33(18-16-29)46-45-32-11-5-4-6-12-32)42-38(44-41)26-31-23-28(2)35(27-36(31)57-21-9-22-58(54,55)56)48-47-34-13-7-10-30(25-34)40(52)53;2-1-3;1-4(2)3/h4-7,10-13,15-18,23,25,27H,3,8-9,14,19-22,24,26H2,1-2H3,(H,50,51)(H,52,53)(H,54,55,56);;. The van der Waals surface area contributed by atoms with Crippen molar-refractivity contribution < 1.29 is 59.7 Å². The SMILES string of the molecule is CCCN(CCCC(=O)O)c1nc(Cc2ccc(N=Nc3ccccc3)cc2)nc(Cc2cc(C)c(N=Nc3cccc(C(=O)O)c3)cc2OCCCS(=O)(=O)O)n1.O=C=O.O=S(=O)=O. The second kappa shape index (κ2) is 26.9. The van der Waals surface area contributed by atoms with Gasteiger partial charge < -0.3 is 19.8 Å². The lowest BCUT2D eigenvalue weighted by atomic mass is 10.1. The fourth-order valence-electron chi connectivity index (χ4n) is 5.75. The lowest BCUT2D eigenvalue weighted by molar-refractivity contribution is -0.191. The van der Waals surface area contributed by atoms with E-state index >= 15 is 0 Å². The van der Waals surface area contributed by atoms with E-state index in [0.717, 1.165) is 17.7 Å². The molecule has 3 N–H and O–H groups in total. The smallest absolute Gasteiger partial charge is 0.425 e. The zero-order valence-corrected chi connectivity index (χ0v) is 36.7. The lowest BCUT2D eigenvalue weighted by Gasteiger charge is -2.23. The molecule has 4 aromatic carbocycles. The minimum absolute atomic E-state index is 0.00872. The second-order valence-corrected chi connectivity index (χ2v) is 15.6. The Morgan fingerprint density at radius 2 is 1.37 bits per heavy atom. The van der Waals surface area contributed by atoms with Gasteiger partial charge in [-0.05, 0) is 85.8 Å². The summed E-state index contributed by atoms with van der Waals surface area (Å²) in [5, 5.41) is 35.9. The topological polar surface area (TPSA) is 315 Å². The van der Waals surface area contributed by atoms with E-state index in [1.807, 2.05) is 79.4 Å². The molecule has 1 aromatic heterocycles. The molecule has 0 amide bonds. The Kier molecular flexibility index (Phi) is 21.5. The van der Waals surface area contributed by atoms with E-state index in [4.69, 9.17) is 41.9 Å². The molecule has 0 unspecified atom stereocenters. The first-order valence-electron chi connectivity index (χ1n) is 19.5. The molecule has 0 fully saturated rings. The number of aromatic carboxylic acids is 1. The number of carboxylic acid groups (broad SMARTS) is 2. The number of nitrogens with zero attached hydrogens (tertiary/aromatic N) is 8. The van der Waals surface area contributed by atoms with Gasteiger partial charge in [-0.15, -0.1) is 12.6 Å². The van der Waals surface area contributed by atoms with Crippen molar-refractivity contribution in [3.05, 3.63) is 125 Å². The third-order valence-electron chi connectivity index (χ3n) is 8.55. The predicted molar refractivity (Wildman–Crippen MR) is 232 cm³/mol. The number of anilines is 1. The molecule has 0 spiro atoms. The molecule has 5 aromatic rings. The normalized spacial score (nSPS) is 10.9. The van der Waals surface area contributed by atoms with Crippen LogP contribution in [0.4, 0.5) is 28.7 Å². The zero-order valence-electron chi connectivity index (χ0n) is 35.0. The molecule has 1 heterocycles. The summed E-state index contributed by atoms with van der Waals surface area (Å²) in [7, 11) is -7.32. The number of carbonyl (C=O) groups excluding carboxylic acids is 2. The van der Waals surface area contributed by atoms with Crippen LogP contribution >= 0.6 is 0 Å². The Hall–Kier alpha value is -7.46. The van der Waals surface area contributed by atoms with Gasteiger partial charge in [0.25, 0.3) is 10.1 Å². The molecule has 0 aliphatic rings. The van der Waals surface area contributed by atoms with Crippen molar-refractivity contribution in [1.82, 2.24) is 15.0 Å². The van der Waals surface area contributed by atoms with Crippen molar-refractivity contribution in [1.29, 1.82) is 0 Å². The van der Waals surface area contributed by atoms with E-state index in [9.17, 15) is 32.8 Å². The van der Waals surface area contributed by atoms with Crippen LogP contribution in [0.2, 0.25) is 0 Å². The Morgan fingerprint density at radius 1 is 0.769 bits per heavy atom. The van der Waals surface area contributed by atoms with Crippen LogP contribution in [0.3, 0.4) is 0 Å². The van der Waals surface area contributed by atoms with Gasteiger partial charge in [-0.3, -0.25) is 9.35 Å². The molecule has 21 nitrogen and oxygen atoms in total. The van der Waals surface area contributed by atoms with Crippen LogP contribution in [-0.4, -0.2) is 94.3 Å². The van der Waals surface area contributed by atoms with Gasteiger partial charge in [-0.2, -0.15) is 48.4 Å². The number of azo groups is 2. The highest BCUT2D eigenvalue weighted by atomic mass is 32.2. The maximum Gasteiger partial charge on any atom is 0.425 e. The molecule has 0 aliphatic heterocycles. The van der Waals surface area contributed by atoms with Crippen LogP contribution in [0.15, 0.2) is 111 Å². The Labute approximate surface area is 374 Å². The zero-order chi connectivity index (χ0) is 47.8. The number of rotatable bonds is 21. The molecule has 0 bridgehead atoms. The number of aliphatic carboxylic acids is 1. The first kappa shape index (κ1) is 51.9. The molecule has 0 aliphatic carbocycles. The van der Waals surface area contributed by atoms with Crippen molar-refractivity contribution in [3.63, 3.8) is 0 Å². The van der Waals surface area contributed by atoms with Crippen LogP contribution in [-0.2, 0) is 48.0 Å². The summed E-state index contributed by atoms with van der Waals surface area (Å²) < 4.78 is 63.5. The van der Waals surface area contributed by atoms with Crippen LogP contribution in [0.1, 0.15) is 71.3 Å². The van der Waals surface area contributed by atoms with E-state index in [2.05, 4.69) is 20.5 Å². The largest absolute Gasteiger partial charge is 0.493 e. The lowest BCUT2D eigenvalue weighted by Crippen LogP contribution is -2.29. The summed E-state index contributed by atoms with van der Waals surface area (Å²) in [5.74, 6) is -0.829. The molecule has 23 heteroatoms. The van der Waals surface area contributed by atoms with Gasteiger partial charge in [0.1, 0.15) is 17.4 Å². The van der Waals surface area contributed by atoms with E-state index in [-0.39, 0.29) is 37.6 Å². The van der Waals surface area contributed by atoms with Crippen LogP contribution in [0.5, 0.6) is 5.75 Å². The van der Waals surface area contributed by atoms with Crippen LogP contribution in [0.25, 0.3) is 0 Å². The highest BCUT2D eigenvalue weighted by Gasteiger charge is 2.18. The van der Waals surface area contributed by atoms with Gasteiger partial charge in [0.15, 0.2) is 0 Å². The second-order valence-electron chi connectivity index (χ2n) is 13.6. The number of carboxylic acids is 2. The van der Waals surface area contributed by atoms with Crippen molar-refractivity contribution in [2.45, 2.75) is 52.4 Å².